The van der Waals surface area contributed by atoms with Crippen molar-refractivity contribution in [1.29, 1.82) is 0 Å². The van der Waals surface area contributed by atoms with Gasteiger partial charge in [-0.2, -0.15) is 4.39 Å². The van der Waals surface area contributed by atoms with Crippen molar-refractivity contribution in [3.63, 3.8) is 0 Å². The van der Waals surface area contributed by atoms with Gasteiger partial charge in [-0.05, 0) is 43.0 Å². The van der Waals surface area contributed by atoms with Crippen molar-refractivity contribution >= 4 is 11.6 Å². The Hall–Kier alpha value is -1.52. The fraction of sp³-hybridized carbons (Fsp3) is 0.375. The number of hydrogen-bond acceptors (Lipinski definition) is 3. The summed E-state index contributed by atoms with van der Waals surface area (Å²) in [6, 6.07) is 6.31. The largest absolute Gasteiger partial charge is 0.311 e. The lowest BCUT2D eigenvalue weighted by atomic mass is 9.84. The first-order chi connectivity index (χ1) is 10.2. The summed E-state index contributed by atoms with van der Waals surface area (Å²) in [5, 5.41) is 4.07. The highest BCUT2D eigenvalue weighted by Gasteiger charge is 2.39. The van der Waals surface area contributed by atoms with Gasteiger partial charge in [-0.1, -0.05) is 11.6 Å². The van der Waals surface area contributed by atoms with Crippen LogP contribution >= 0.6 is 11.6 Å². The number of hydrogen-bond donors (Lipinski definition) is 1. The predicted molar refractivity (Wildman–Crippen MR) is 79.7 cm³/mol. The van der Waals surface area contributed by atoms with Crippen molar-refractivity contribution in [1.82, 2.24) is 15.3 Å². The lowest BCUT2D eigenvalue weighted by molar-refractivity contribution is 0.505. The van der Waals surface area contributed by atoms with E-state index in [9.17, 15) is 4.39 Å². The smallest absolute Gasteiger partial charge is 0.212 e. The molecule has 1 N–H and O–H groups in total. The maximum atomic E-state index is 13.0. The summed E-state index contributed by atoms with van der Waals surface area (Å²) >= 11 is 6.21. The zero-order valence-electron chi connectivity index (χ0n) is 11.4. The van der Waals surface area contributed by atoms with E-state index in [0.29, 0.717) is 23.2 Å². The maximum absolute atomic E-state index is 13.0. The zero-order valence-corrected chi connectivity index (χ0v) is 12.1. The van der Waals surface area contributed by atoms with Crippen molar-refractivity contribution in [2.24, 2.45) is 0 Å². The summed E-state index contributed by atoms with van der Waals surface area (Å²) in [6.07, 6.45) is 7.04. The van der Waals surface area contributed by atoms with Crippen LogP contribution in [0.5, 0.6) is 0 Å². The van der Waals surface area contributed by atoms with E-state index in [-0.39, 0.29) is 0 Å². The number of aromatic nitrogens is 2. The molecule has 3 atom stereocenters. The minimum absolute atomic E-state index is 0.434. The number of nitrogens with zero attached hydrogens (tertiary/aromatic N) is 2. The molecule has 0 spiro atoms. The van der Waals surface area contributed by atoms with Gasteiger partial charge in [0.1, 0.15) is 5.15 Å². The van der Waals surface area contributed by atoms with Gasteiger partial charge in [0.2, 0.25) is 5.95 Å². The van der Waals surface area contributed by atoms with Gasteiger partial charge in [0, 0.05) is 41.5 Å². The molecule has 21 heavy (non-hydrogen) atoms. The summed E-state index contributed by atoms with van der Waals surface area (Å²) in [4.78, 5) is 8.02. The maximum Gasteiger partial charge on any atom is 0.212 e. The van der Waals surface area contributed by atoms with Crippen LogP contribution in [0.1, 0.15) is 30.7 Å². The molecule has 0 radical (unpaired) electrons. The van der Waals surface area contributed by atoms with Crippen molar-refractivity contribution in [3.8, 4) is 11.1 Å². The van der Waals surface area contributed by atoms with Crippen LogP contribution in [0.25, 0.3) is 11.1 Å². The van der Waals surface area contributed by atoms with Gasteiger partial charge in [-0.15, -0.1) is 0 Å². The average Bonchev–Trinajstić information content (AvgIpc) is 3.12. The van der Waals surface area contributed by atoms with Gasteiger partial charge in [-0.3, -0.25) is 0 Å². The third-order valence-electron chi connectivity index (χ3n) is 4.63. The highest BCUT2D eigenvalue weighted by molar-refractivity contribution is 6.32. The fourth-order valence-corrected chi connectivity index (χ4v) is 3.81. The zero-order chi connectivity index (χ0) is 14.4. The predicted octanol–water partition coefficient (Wildman–Crippen LogP) is 3.54. The van der Waals surface area contributed by atoms with Crippen LogP contribution in [0.4, 0.5) is 4.39 Å². The Bertz CT molecular complexity index is 674. The van der Waals surface area contributed by atoms with E-state index in [2.05, 4.69) is 21.4 Å². The molecule has 0 aromatic carbocycles. The van der Waals surface area contributed by atoms with Crippen LogP contribution < -0.4 is 5.32 Å². The van der Waals surface area contributed by atoms with Crippen LogP contribution in [-0.2, 0) is 0 Å². The Kier molecular flexibility index (Phi) is 3.16. The Morgan fingerprint density at radius 1 is 1.19 bits per heavy atom. The molecule has 2 aromatic rings. The van der Waals surface area contributed by atoms with Crippen LogP contribution in [0.3, 0.4) is 0 Å². The Balaban J connectivity index is 1.71. The first kappa shape index (κ1) is 13.2. The van der Waals surface area contributed by atoms with E-state index in [0.717, 1.165) is 17.5 Å². The first-order valence-corrected chi connectivity index (χ1v) is 7.62. The van der Waals surface area contributed by atoms with E-state index in [1.165, 1.54) is 30.7 Å². The molecule has 2 aliphatic heterocycles. The molecule has 2 saturated heterocycles. The highest BCUT2D eigenvalue weighted by atomic mass is 35.5. The van der Waals surface area contributed by atoms with Crippen LogP contribution in [0, 0.1) is 5.95 Å². The molecule has 108 valence electrons. The van der Waals surface area contributed by atoms with Crippen molar-refractivity contribution < 1.29 is 4.39 Å². The fourth-order valence-electron chi connectivity index (χ4n) is 3.60. The second-order valence-electron chi connectivity index (χ2n) is 5.87. The molecular weight excluding hydrogens is 289 g/mol. The monoisotopic (exact) mass is 303 g/mol. The molecule has 4 heterocycles. The van der Waals surface area contributed by atoms with Crippen molar-refractivity contribution in [2.45, 2.75) is 37.3 Å². The van der Waals surface area contributed by atoms with Crippen LogP contribution in [0.15, 0.2) is 30.6 Å². The molecule has 5 heteroatoms. The molecule has 2 bridgehead atoms. The number of rotatable bonds is 2. The summed E-state index contributed by atoms with van der Waals surface area (Å²) in [6.45, 7) is 0. The summed E-state index contributed by atoms with van der Waals surface area (Å²) in [5.74, 6) is 0.0111. The van der Waals surface area contributed by atoms with Gasteiger partial charge >= 0.3 is 0 Å². The minimum atomic E-state index is -0.490. The number of fused-ring (bicyclic) bond motifs is 2. The van der Waals surface area contributed by atoms with Crippen LogP contribution in [-0.4, -0.2) is 22.1 Å². The van der Waals surface area contributed by atoms with Gasteiger partial charge in [0.25, 0.3) is 0 Å². The minimum Gasteiger partial charge on any atom is -0.311 e. The molecule has 4 rings (SSSR count). The Morgan fingerprint density at radius 2 is 2.10 bits per heavy atom. The second-order valence-corrected chi connectivity index (χ2v) is 6.22. The summed E-state index contributed by atoms with van der Waals surface area (Å²) < 4.78 is 13.0. The molecule has 3 nitrogen and oxygen atoms in total. The third-order valence-corrected chi connectivity index (χ3v) is 4.93. The molecule has 2 aliphatic rings. The van der Waals surface area contributed by atoms with E-state index in [4.69, 9.17) is 11.6 Å². The Labute approximate surface area is 127 Å². The van der Waals surface area contributed by atoms with Gasteiger partial charge in [-0.25, -0.2) is 9.97 Å². The molecule has 2 aromatic heterocycles. The molecular formula is C16H15ClFN3. The SMILES string of the molecule is Fc1ccc(-c2cc([C@H]3C[C@@H]4CC[C@H]3N4)cnc2Cl)cn1. The van der Waals surface area contributed by atoms with Gasteiger partial charge in [0.05, 0.1) is 0 Å². The van der Waals surface area contributed by atoms with Crippen molar-refractivity contribution in [3.05, 3.63) is 47.3 Å². The molecule has 0 unspecified atom stereocenters. The highest BCUT2D eigenvalue weighted by Crippen LogP contribution is 2.41. The lowest BCUT2D eigenvalue weighted by Gasteiger charge is -2.21. The normalized spacial score (nSPS) is 27.2. The number of pyridine rings is 2. The molecule has 0 saturated carbocycles. The van der Waals surface area contributed by atoms with Gasteiger partial charge in [0.15, 0.2) is 0 Å². The van der Waals surface area contributed by atoms with E-state index in [1.54, 1.807) is 6.07 Å². The van der Waals surface area contributed by atoms with Crippen LogP contribution in [0.2, 0.25) is 5.15 Å². The molecule has 0 amide bonds. The topological polar surface area (TPSA) is 37.8 Å². The van der Waals surface area contributed by atoms with Crippen molar-refractivity contribution in [2.75, 3.05) is 0 Å². The standard InChI is InChI=1S/C16H15ClFN3/c17-16-13(9-1-4-15(18)19-7-9)5-10(8-20-16)12-6-11-2-3-14(12)21-11/h1,4-5,7-8,11-12,14,21H,2-3,6H2/t11-,12+,14+/m0/s1. The third kappa shape index (κ3) is 2.32. The number of nitrogens with one attached hydrogen (secondary N) is 1. The average molecular weight is 304 g/mol. The quantitative estimate of drug-likeness (QED) is 0.862. The van der Waals surface area contributed by atoms with E-state index >= 15 is 0 Å². The molecule has 2 fully saturated rings. The molecule has 0 aliphatic carbocycles. The summed E-state index contributed by atoms with van der Waals surface area (Å²) in [5.41, 5.74) is 2.83. The Morgan fingerprint density at radius 3 is 2.76 bits per heavy atom. The van der Waals surface area contributed by atoms with E-state index in [1.807, 2.05) is 6.20 Å². The van der Waals surface area contributed by atoms with Gasteiger partial charge < -0.3 is 5.32 Å². The second kappa shape index (κ2) is 5.04. The first-order valence-electron chi connectivity index (χ1n) is 7.24. The number of halogens is 2. The summed E-state index contributed by atoms with van der Waals surface area (Å²) in [7, 11) is 0. The lowest BCUT2D eigenvalue weighted by Crippen LogP contribution is -2.21. The van der Waals surface area contributed by atoms with E-state index < -0.39 is 5.95 Å².